The fourth-order valence-corrected chi connectivity index (χ4v) is 2.77. The molecule has 1 aliphatic heterocycles. The maximum atomic E-state index is 11.7. The van der Waals surface area contributed by atoms with E-state index in [0.29, 0.717) is 12.4 Å². The Morgan fingerprint density at radius 3 is 2.62 bits per heavy atom. The van der Waals surface area contributed by atoms with Gasteiger partial charge in [-0.1, -0.05) is 30.3 Å². The van der Waals surface area contributed by atoms with Gasteiger partial charge in [0.2, 0.25) is 0 Å². The molecule has 0 radical (unpaired) electrons. The number of hydrogen-bond acceptors (Lipinski definition) is 2. The van der Waals surface area contributed by atoms with E-state index in [-0.39, 0.29) is 0 Å². The summed E-state index contributed by atoms with van der Waals surface area (Å²) < 4.78 is 17.2. The van der Waals surface area contributed by atoms with E-state index in [0.717, 1.165) is 5.56 Å². The van der Waals surface area contributed by atoms with Gasteiger partial charge in [0.1, 0.15) is 0 Å². The van der Waals surface area contributed by atoms with Gasteiger partial charge in [0, 0.05) is 0 Å². The number of ether oxygens (including phenoxy) is 1. The molecule has 0 spiro atoms. The lowest BCUT2D eigenvalue weighted by Crippen LogP contribution is -2.24. The molecule has 1 heterocycles. The van der Waals surface area contributed by atoms with E-state index in [4.69, 9.17) is 4.74 Å². The third kappa shape index (κ3) is 1.42. The molecular weight excluding hydrogens is 184 g/mol. The number of hydrogen-bond donors (Lipinski definition) is 0. The van der Waals surface area contributed by atoms with Crippen molar-refractivity contribution in [1.82, 2.24) is 0 Å². The molecule has 70 valence electrons. The normalized spacial score (nSPS) is 33.5. The summed E-state index contributed by atoms with van der Waals surface area (Å²) in [5.41, 5.74) is 1.01. The molecule has 2 unspecified atom stereocenters. The van der Waals surface area contributed by atoms with E-state index < -0.39 is 15.7 Å². The molecule has 0 amide bonds. The van der Waals surface area contributed by atoms with Crippen molar-refractivity contribution in [2.45, 2.75) is 11.9 Å². The molecule has 1 aromatic carbocycles. The molecule has 2 atom stereocenters. The highest BCUT2D eigenvalue weighted by molar-refractivity contribution is 7.86. The Bertz CT molecular complexity index is 323. The summed E-state index contributed by atoms with van der Waals surface area (Å²) in [7, 11) is -0.899. The molecule has 0 N–H and O–H groups in total. The lowest BCUT2D eigenvalue weighted by atomic mass is 10.1. The second kappa shape index (κ2) is 3.24. The van der Waals surface area contributed by atoms with Crippen molar-refractivity contribution >= 4 is 10.8 Å². The minimum Gasteiger partial charge on any atom is -0.357 e. The van der Waals surface area contributed by atoms with E-state index in [2.05, 4.69) is 0 Å². The summed E-state index contributed by atoms with van der Waals surface area (Å²) in [5, 5.41) is 0. The zero-order chi connectivity index (χ0) is 9.31. The molecule has 2 nitrogen and oxygen atoms in total. The minimum atomic E-state index is -0.899. The number of benzene rings is 1. The fourth-order valence-electron chi connectivity index (χ4n) is 1.53. The molecule has 1 aromatic rings. The monoisotopic (exact) mass is 196 g/mol. The molecule has 0 aromatic heterocycles. The van der Waals surface area contributed by atoms with E-state index in [1.54, 1.807) is 0 Å². The zero-order valence-corrected chi connectivity index (χ0v) is 8.34. The Morgan fingerprint density at radius 2 is 2.08 bits per heavy atom. The van der Waals surface area contributed by atoms with Crippen molar-refractivity contribution in [3.8, 4) is 0 Å². The summed E-state index contributed by atoms with van der Waals surface area (Å²) in [6.07, 6.45) is 0. The van der Waals surface area contributed by atoms with Crippen molar-refractivity contribution in [2.75, 3.05) is 12.4 Å². The van der Waals surface area contributed by atoms with Gasteiger partial charge in [0.05, 0.1) is 23.2 Å². The van der Waals surface area contributed by atoms with Gasteiger partial charge >= 0.3 is 0 Å². The second-order valence-electron chi connectivity index (χ2n) is 3.21. The highest BCUT2D eigenvalue weighted by Crippen LogP contribution is 2.33. The third-order valence-corrected chi connectivity index (χ3v) is 4.14. The Hall–Kier alpha value is -0.670. The van der Waals surface area contributed by atoms with Crippen LogP contribution >= 0.6 is 0 Å². The van der Waals surface area contributed by atoms with Gasteiger partial charge in [0.25, 0.3) is 0 Å². The molecule has 1 fully saturated rings. The van der Waals surface area contributed by atoms with Crippen LogP contribution in [0.5, 0.6) is 0 Å². The third-order valence-electron chi connectivity index (χ3n) is 2.38. The summed E-state index contributed by atoms with van der Waals surface area (Å²) in [6, 6.07) is 9.76. The van der Waals surface area contributed by atoms with Gasteiger partial charge in [-0.2, -0.15) is 0 Å². The van der Waals surface area contributed by atoms with Crippen molar-refractivity contribution in [3.63, 3.8) is 0 Å². The summed E-state index contributed by atoms with van der Waals surface area (Å²) in [5.74, 6) is 0.644. The average molecular weight is 196 g/mol. The maximum Gasteiger partial charge on any atom is 0.165 e. The topological polar surface area (TPSA) is 26.3 Å². The lowest BCUT2D eigenvalue weighted by Gasteiger charge is -2.21. The van der Waals surface area contributed by atoms with Crippen LogP contribution in [0.15, 0.2) is 30.3 Å². The van der Waals surface area contributed by atoms with Gasteiger partial charge in [-0.3, -0.25) is 4.21 Å². The van der Waals surface area contributed by atoms with Crippen molar-refractivity contribution < 1.29 is 8.95 Å². The first-order valence-corrected chi connectivity index (χ1v) is 5.63. The molecule has 0 aliphatic carbocycles. The summed E-state index contributed by atoms with van der Waals surface area (Å²) in [4.78, 5) is -0.582. The highest BCUT2D eigenvalue weighted by Gasteiger charge is 2.38. The Labute approximate surface area is 80.4 Å². The van der Waals surface area contributed by atoms with E-state index in [9.17, 15) is 4.21 Å². The van der Waals surface area contributed by atoms with Crippen LogP contribution in [0.4, 0.5) is 0 Å². The summed E-state index contributed by atoms with van der Waals surface area (Å²) in [6.45, 7) is 2.49. The average Bonchev–Trinajstić information content (AvgIpc) is 2.50. The molecule has 0 bridgehead atoms. The van der Waals surface area contributed by atoms with Crippen LogP contribution in [-0.4, -0.2) is 16.6 Å². The highest BCUT2D eigenvalue weighted by atomic mass is 32.2. The van der Waals surface area contributed by atoms with Gasteiger partial charge in [0.15, 0.2) is 4.93 Å². The van der Waals surface area contributed by atoms with Crippen molar-refractivity contribution in [1.29, 1.82) is 0 Å². The van der Waals surface area contributed by atoms with Gasteiger partial charge in [-0.15, -0.1) is 0 Å². The molecule has 0 saturated carbocycles. The second-order valence-corrected chi connectivity index (χ2v) is 5.09. The van der Waals surface area contributed by atoms with Crippen LogP contribution in [0.25, 0.3) is 0 Å². The van der Waals surface area contributed by atoms with Gasteiger partial charge < -0.3 is 4.74 Å². The first-order valence-electron chi connectivity index (χ1n) is 4.31. The van der Waals surface area contributed by atoms with Crippen LogP contribution < -0.4 is 0 Å². The van der Waals surface area contributed by atoms with Crippen LogP contribution in [-0.2, 0) is 20.5 Å². The van der Waals surface area contributed by atoms with E-state index >= 15 is 0 Å². The maximum absolute atomic E-state index is 11.7. The molecular formula is C10H12O2S. The van der Waals surface area contributed by atoms with Crippen LogP contribution in [0.1, 0.15) is 12.5 Å². The Kier molecular flexibility index (Phi) is 2.22. The smallest absolute Gasteiger partial charge is 0.165 e. The first kappa shape index (κ1) is 8.91. The SMILES string of the molecule is CC1(c2ccccc2)OCCS1=O. The molecule has 1 saturated heterocycles. The summed E-state index contributed by atoms with van der Waals surface area (Å²) >= 11 is 0. The predicted octanol–water partition coefficient (Wildman–Crippen LogP) is 1.64. The van der Waals surface area contributed by atoms with Gasteiger partial charge in [-0.05, 0) is 12.5 Å². The Balaban J connectivity index is 2.40. The van der Waals surface area contributed by atoms with E-state index in [1.807, 2.05) is 37.3 Å². The molecule has 3 heteroatoms. The van der Waals surface area contributed by atoms with Crippen LogP contribution in [0.3, 0.4) is 0 Å². The standard InChI is InChI=1S/C10H12O2S/c1-10(12-7-8-13(10)11)9-5-3-2-4-6-9/h2-6H,7-8H2,1H3. The van der Waals surface area contributed by atoms with Crippen LogP contribution in [0.2, 0.25) is 0 Å². The first-order chi connectivity index (χ1) is 6.23. The molecule has 1 aliphatic rings. The minimum absolute atomic E-state index is 0.582. The van der Waals surface area contributed by atoms with Crippen molar-refractivity contribution in [2.24, 2.45) is 0 Å². The predicted molar refractivity (Wildman–Crippen MR) is 52.8 cm³/mol. The van der Waals surface area contributed by atoms with E-state index in [1.165, 1.54) is 0 Å². The Morgan fingerprint density at radius 1 is 1.38 bits per heavy atom. The quantitative estimate of drug-likeness (QED) is 0.682. The largest absolute Gasteiger partial charge is 0.357 e. The lowest BCUT2D eigenvalue weighted by molar-refractivity contribution is 0.0619. The van der Waals surface area contributed by atoms with Crippen molar-refractivity contribution in [3.05, 3.63) is 35.9 Å². The zero-order valence-electron chi connectivity index (χ0n) is 7.53. The number of rotatable bonds is 1. The molecule has 13 heavy (non-hydrogen) atoms. The molecule has 2 rings (SSSR count). The fraction of sp³-hybridized carbons (Fsp3) is 0.400. The van der Waals surface area contributed by atoms with Crippen LogP contribution in [0, 0.1) is 0 Å². The van der Waals surface area contributed by atoms with Gasteiger partial charge in [-0.25, -0.2) is 0 Å².